The highest BCUT2D eigenvalue weighted by atomic mass is 79.9. The lowest BCUT2D eigenvalue weighted by Gasteiger charge is -2.05. The number of thiophene rings is 1. The topological polar surface area (TPSA) is 40.7 Å². The molecule has 1 fully saturated rings. The summed E-state index contributed by atoms with van der Waals surface area (Å²) in [6, 6.07) is 13.3. The molecule has 2 aromatic heterocycles. The van der Waals surface area contributed by atoms with E-state index in [0.29, 0.717) is 6.04 Å². The first-order chi connectivity index (χ1) is 10.8. The van der Waals surface area contributed by atoms with Crippen LogP contribution in [-0.2, 0) is 0 Å². The van der Waals surface area contributed by atoms with Crippen LogP contribution in [0.15, 0.2) is 46.4 Å². The van der Waals surface area contributed by atoms with E-state index in [-0.39, 0.29) is 0 Å². The summed E-state index contributed by atoms with van der Waals surface area (Å²) in [5.74, 6) is 1.05. The molecular formula is C17H16BrN3S. The molecule has 0 spiro atoms. The van der Waals surface area contributed by atoms with E-state index in [9.17, 15) is 0 Å². The van der Waals surface area contributed by atoms with E-state index >= 15 is 0 Å². The number of hydrogen-bond donors (Lipinski definition) is 2. The summed E-state index contributed by atoms with van der Waals surface area (Å²) in [4.78, 5) is 9.27. The lowest BCUT2D eigenvalue weighted by Crippen LogP contribution is -2.14. The molecule has 1 saturated heterocycles. The quantitative estimate of drug-likeness (QED) is 0.678. The second-order valence-electron chi connectivity index (χ2n) is 5.51. The number of aromatic amines is 1. The predicted molar refractivity (Wildman–Crippen MR) is 95.0 cm³/mol. The number of rotatable bonds is 3. The van der Waals surface area contributed by atoms with Gasteiger partial charge in [-0.05, 0) is 58.6 Å². The first kappa shape index (κ1) is 14.2. The Morgan fingerprint density at radius 2 is 1.91 bits per heavy atom. The minimum absolute atomic E-state index is 0.386. The number of nitrogens with zero attached hydrogens (tertiary/aromatic N) is 1. The first-order valence-electron chi connectivity index (χ1n) is 7.44. The molecule has 0 saturated carbocycles. The van der Waals surface area contributed by atoms with Crippen molar-refractivity contribution in [3.63, 3.8) is 0 Å². The highest BCUT2D eigenvalue weighted by molar-refractivity contribution is 9.11. The Morgan fingerprint density at radius 1 is 1.09 bits per heavy atom. The molecule has 0 amide bonds. The van der Waals surface area contributed by atoms with Gasteiger partial charge in [-0.25, -0.2) is 4.98 Å². The zero-order valence-corrected chi connectivity index (χ0v) is 14.4. The smallest absolute Gasteiger partial charge is 0.123 e. The van der Waals surface area contributed by atoms with Crippen LogP contribution in [0.5, 0.6) is 0 Å². The molecule has 22 heavy (non-hydrogen) atoms. The van der Waals surface area contributed by atoms with Crippen LogP contribution in [0.2, 0.25) is 0 Å². The number of nitrogens with one attached hydrogen (secondary N) is 2. The normalized spacial score (nSPS) is 18.0. The van der Waals surface area contributed by atoms with Crippen LogP contribution in [0.1, 0.15) is 24.7 Å². The van der Waals surface area contributed by atoms with Crippen molar-refractivity contribution in [3.05, 3.63) is 52.2 Å². The van der Waals surface area contributed by atoms with Gasteiger partial charge < -0.3 is 10.3 Å². The summed E-state index contributed by atoms with van der Waals surface area (Å²) in [6.45, 7) is 1.09. The average molecular weight is 374 g/mol. The zero-order valence-electron chi connectivity index (χ0n) is 12.0. The number of H-pyrrole nitrogens is 1. The maximum Gasteiger partial charge on any atom is 0.123 e. The molecule has 4 rings (SSSR count). The molecule has 0 radical (unpaired) electrons. The van der Waals surface area contributed by atoms with Crippen molar-refractivity contribution in [3.8, 4) is 21.7 Å². The number of aromatic nitrogens is 2. The summed E-state index contributed by atoms with van der Waals surface area (Å²) in [6.07, 6.45) is 4.33. The first-order valence-corrected chi connectivity index (χ1v) is 9.05. The van der Waals surface area contributed by atoms with Crippen molar-refractivity contribution in [2.24, 2.45) is 0 Å². The Hall–Kier alpha value is -1.43. The molecule has 5 heteroatoms. The van der Waals surface area contributed by atoms with Crippen LogP contribution >= 0.6 is 27.3 Å². The second-order valence-corrected chi connectivity index (χ2v) is 7.98. The van der Waals surface area contributed by atoms with Crippen molar-refractivity contribution in [1.29, 1.82) is 0 Å². The Labute approximate surface area is 141 Å². The monoisotopic (exact) mass is 373 g/mol. The summed E-state index contributed by atoms with van der Waals surface area (Å²) >= 11 is 5.27. The summed E-state index contributed by atoms with van der Waals surface area (Å²) < 4.78 is 1.16. The third-order valence-corrected chi connectivity index (χ3v) is 5.71. The molecule has 0 aliphatic carbocycles. The van der Waals surface area contributed by atoms with Crippen LogP contribution in [0.3, 0.4) is 0 Å². The molecule has 1 unspecified atom stereocenters. The third-order valence-electron chi connectivity index (χ3n) is 4.04. The molecule has 0 bridgehead atoms. The Morgan fingerprint density at radius 3 is 2.59 bits per heavy atom. The lowest BCUT2D eigenvalue weighted by atomic mass is 10.1. The highest BCUT2D eigenvalue weighted by Crippen LogP contribution is 2.32. The number of imidazole rings is 1. The minimum atomic E-state index is 0.386. The van der Waals surface area contributed by atoms with Crippen LogP contribution in [0, 0.1) is 0 Å². The number of benzene rings is 1. The summed E-state index contributed by atoms with van der Waals surface area (Å²) in [5.41, 5.74) is 3.51. The van der Waals surface area contributed by atoms with Gasteiger partial charge in [-0.1, -0.05) is 24.3 Å². The van der Waals surface area contributed by atoms with Gasteiger partial charge in [-0.3, -0.25) is 0 Å². The summed E-state index contributed by atoms with van der Waals surface area (Å²) in [5, 5.41) is 3.47. The molecule has 3 heterocycles. The Bertz CT molecular complexity index is 769. The van der Waals surface area contributed by atoms with E-state index in [4.69, 9.17) is 0 Å². The van der Waals surface area contributed by atoms with E-state index in [2.05, 4.69) is 67.6 Å². The summed E-state index contributed by atoms with van der Waals surface area (Å²) in [7, 11) is 0. The lowest BCUT2D eigenvalue weighted by molar-refractivity contribution is 0.613. The molecule has 1 aliphatic heterocycles. The van der Waals surface area contributed by atoms with Gasteiger partial charge in [0.15, 0.2) is 0 Å². The highest BCUT2D eigenvalue weighted by Gasteiger charge is 2.19. The van der Waals surface area contributed by atoms with Crippen molar-refractivity contribution in [2.75, 3.05) is 6.54 Å². The van der Waals surface area contributed by atoms with Gasteiger partial charge in [-0.15, -0.1) is 11.3 Å². The van der Waals surface area contributed by atoms with E-state index in [0.717, 1.165) is 21.8 Å². The van der Waals surface area contributed by atoms with E-state index in [1.54, 1.807) is 11.3 Å². The predicted octanol–water partition coefficient (Wildman–Crippen LogP) is 4.99. The Kier molecular flexibility index (Phi) is 3.86. The Balaban J connectivity index is 1.58. The molecule has 3 nitrogen and oxygen atoms in total. The number of hydrogen-bond acceptors (Lipinski definition) is 3. The molecular weight excluding hydrogens is 358 g/mol. The zero-order chi connectivity index (χ0) is 14.9. The third kappa shape index (κ3) is 2.76. The SMILES string of the molecule is Brc1ccc(-c2ccc(-c3cnc(C4CCCN4)[nH]3)cc2)s1. The molecule has 1 atom stereocenters. The van der Waals surface area contributed by atoms with E-state index in [1.165, 1.54) is 28.8 Å². The second kappa shape index (κ2) is 5.99. The maximum absolute atomic E-state index is 4.54. The molecule has 1 aliphatic rings. The van der Waals surface area contributed by atoms with Gasteiger partial charge >= 0.3 is 0 Å². The van der Waals surface area contributed by atoms with Crippen LogP contribution in [-0.4, -0.2) is 16.5 Å². The minimum Gasteiger partial charge on any atom is -0.341 e. The van der Waals surface area contributed by atoms with Crippen molar-refractivity contribution in [1.82, 2.24) is 15.3 Å². The van der Waals surface area contributed by atoms with Crippen molar-refractivity contribution in [2.45, 2.75) is 18.9 Å². The number of halogens is 1. The van der Waals surface area contributed by atoms with Crippen molar-refractivity contribution >= 4 is 27.3 Å². The molecule has 112 valence electrons. The standard InChI is InChI=1S/C17H16BrN3S/c18-16-8-7-15(22-16)12-5-3-11(4-6-12)14-10-20-17(21-14)13-2-1-9-19-13/h3-8,10,13,19H,1-2,9H2,(H,20,21). The van der Waals surface area contributed by atoms with E-state index in [1.807, 2.05) is 6.20 Å². The van der Waals surface area contributed by atoms with E-state index < -0.39 is 0 Å². The van der Waals surface area contributed by atoms with Gasteiger partial charge in [0.05, 0.1) is 21.7 Å². The average Bonchev–Trinajstić information content (AvgIpc) is 3.28. The van der Waals surface area contributed by atoms with Gasteiger partial charge in [0.25, 0.3) is 0 Å². The molecule has 2 N–H and O–H groups in total. The van der Waals surface area contributed by atoms with Gasteiger partial charge in [0.2, 0.25) is 0 Å². The van der Waals surface area contributed by atoms with Crippen LogP contribution in [0.25, 0.3) is 21.7 Å². The van der Waals surface area contributed by atoms with Crippen LogP contribution in [0.4, 0.5) is 0 Å². The van der Waals surface area contributed by atoms with Crippen LogP contribution < -0.4 is 5.32 Å². The van der Waals surface area contributed by atoms with Gasteiger partial charge in [0, 0.05) is 4.88 Å². The van der Waals surface area contributed by atoms with Gasteiger partial charge in [-0.2, -0.15) is 0 Å². The fraction of sp³-hybridized carbons (Fsp3) is 0.235. The van der Waals surface area contributed by atoms with Gasteiger partial charge in [0.1, 0.15) is 5.82 Å². The molecule has 3 aromatic rings. The molecule has 1 aromatic carbocycles. The van der Waals surface area contributed by atoms with Crippen molar-refractivity contribution < 1.29 is 0 Å². The fourth-order valence-electron chi connectivity index (χ4n) is 2.86. The fourth-order valence-corrected chi connectivity index (χ4v) is 4.25. The largest absolute Gasteiger partial charge is 0.341 e. The maximum atomic E-state index is 4.54.